The summed E-state index contributed by atoms with van der Waals surface area (Å²) in [6.07, 6.45) is 3.82. The molecule has 4 rings (SSSR count). The van der Waals surface area contributed by atoms with Gasteiger partial charge in [-0.15, -0.1) is 0 Å². The van der Waals surface area contributed by atoms with Crippen LogP contribution >= 0.6 is 0 Å². The van der Waals surface area contributed by atoms with Crippen molar-refractivity contribution in [1.82, 2.24) is 14.4 Å². The van der Waals surface area contributed by atoms with Gasteiger partial charge in [-0.1, -0.05) is 20.8 Å². The average Bonchev–Trinajstić information content (AvgIpc) is 2.64. The quantitative estimate of drug-likeness (QED) is 0.848. The molecule has 1 N–H and O–H groups in total. The highest BCUT2D eigenvalue weighted by Gasteiger charge is 2.37. The van der Waals surface area contributed by atoms with Gasteiger partial charge < -0.3 is 19.7 Å². The number of rotatable bonds is 3. The van der Waals surface area contributed by atoms with E-state index in [0.717, 1.165) is 63.4 Å². The number of aromatic nitrogens is 1. The van der Waals surface area contributed by atoms with E-state index in [1.54, 1.807) is 0 Å². The van der Waals surface area contributed by atoms with E-state index >= 15 is 0 Å². The molecule has 0 saturated carbocycles. The zero-order valence-electron chi connectivity index (χ0n) is 18.4. The average molecular weight is 401 g/mol. The predicted molar refractivity (Wildman–Crippen MR) is 116 cm³/mol. The fourth-order valence-corrected chi connectivity index (χ4v) is 5.20. The molecule has 29 heavy (non-hydrogen) atoms. The second kappa shape index (κ2) is 7.78. The highest BCUT2D eigenvalue weighted by atomic mass is 16.2. The molecule has 0 unspecified atom stereocenters. The highest BCUT2D eigenvalue weighted by molar-refractivity contribution is 5.77. The summed E-state index contributed by atoms with van der Waals surface area (Å²) in [5.41, 5.74) is 1.97. The largest absolute Gasteiger partial charge is 0.378 e. The Hall–Kier alpha value is -1.82. The minimum atomic E-state index is 0.00693. The number of piperidine rings is 2. The highest BCUT2D eigenvalue weighted by Crippen LogP contribution is 2.36. The zero-order chi connectivity index (χ0) is 20.8. The van der Waals surface area contributed by atoms with Crippen LogP contribution in [0.25, 0.3) is 0 Å². The lowest BCUT2D eigenvalue weighted by Gasteiger charge is -2.43. The number of hydrogen-bond donors (Lipinski definition) is 1. The molecular formula is C23H36N4O2. The first-order valence-electron chi connectivity index (χ1n) is 11.2. The lowest BCUT2D eigenvalue weighted by molar-refractivity contribution is -0.135. The fourth-order valence-electron chi connectivity index (χ4n) is 5.20. The third-order valence-electron chi connectivity index (χ3n) is 6.72. The van der Waals surface area contributed by atoms with Crippen LogP contribution in [-0.4, -0.2) is 59.5 Å². The minimum absolute atomic E-state index is 0.00693. The molecule has 1 aromatic heterocycles. The van der Waals surface area contributed by atoms with Crippen molar-refractivity contribution in [2.75, 3.05) is 38.5 Å². The number of carbonyl (C=O) groups is 1. The van der Waals surface area contributed by atoms with Crippen molar-refractivity contribution in [3.8, 4) is 0 Å². The van der Waals surface area contributed by atoms with Crippen molar-refractivity contribution in [3.05, 3.63) is 28.2 Å². The number of carbonyl (C=O) groups excluding carboxylic acids is 1. The summed E-state index contributed by atoms with van der Waals surface area (Å²) >= 11 is 0. The maximum Gasteiger partial charge on any atom is 0.274 e. The summed E-state index contributed by atoms with van der Waals surface area (Å²) in [6.45, 7) is 10.7. The van der Waals surface area contributed by atoms with Gasteiger partial charge in [0, 0.05) is 43.7 Å². The lowest BCUT2D eigenvalue weighted by Crippen LogP contribution is -2.50. The maximum absolute atomic E-state index is 13.2. The van der Waals surface area contributed by atoms with Crippen LogP contribution in [0.1, 0.15) is 58.1 Å². The van der Waals surface area contributed by atoms with Crippen LogP contribution in [0.4, 0.5) is 5.69 Å². The van der Waals surface area contributed by atoms with E-state index in [0.29, 0.717) is 18.4 Å². The van der Waals surface area contributed by atoms with Crippen LogP contribution in [0.3, 0.4) is 0 Å². The first-order chi connectivity index (χ1) is 13.7. The Morgan fingerprint density at radius 3 is 2.55 bits per heavy atom. The van der Waals surface area contributed by atoms with Gasteiger partial charge in [0.05, 0.1) is 0 Å². The number of fused-ring (bicyclic) bond motifs is 4. The second-order valence-corrected chi connectivity index (χ2v) is 10.6. The molecule has 0 aliphatic carbocycles. The number of amides is 1. The molecule has 0 aromatic carbocycles. The molecule has 1 amide bonds. The standard InChI is InChI=1S/C23H36N4O2/c1-23(2,3)12-21(28)26-13-16-11-17(15-26)20-6-5-19(22(29)27(20)14-16)24-18-7-9-25(4)10-8-18/h5-6,16-18,24H,7-15H2,1-4H3/t16-,17+/m0/s1. The van der Waals surface area contributed by atoms with Crippen molar-refractivity contribution >= 4 is 11.6 Å². The van der Waals surface area contributed by atoms with Crippen molar-refractivity contribution in [2.24, 2.45) is 11.3 Å². The number of likely N-dealkylation sites (tertiary alicyclic amines) is 2. The van der Waals surface area contributed by atoms with Gasteiger partial charge in [-0.25, -0.2) is 0 Å². The third-order valence-corrected chi connectivity index (χ3v) is 6.72. The summed E-state index contributed by atoms with van der Waals surface area (Å²) in [5, 5.41) is 3.51. The van der Waals surface area contributed by atoms with Gasteiger partial charge in [0.15, 0.2) is 0 Å². The monoisotopic (exact) mass is 400 g/mol. The van der Waals surface area contributed by atoms with Crippen LogP contribution in [0, 0.1) is 11.3 Å². The number of nitrogens with zero attached hydrogens (tertiary/aromatic N) is 3. The van der Waals surface area contributed by atoms with E-state index in [1.807, 2.05) is 15.5 Å². The molecule has 2 atom stereocenters. The minimum Gasteiger partial charge on any atom is -0.378 e. The van der Waals surface area contributed by atoms with Crippen LogP contribution in [-0.2, 0) is 11.3 Å². The predicted octanol–water partition coefficient (Wildman–Crippen LogP) is 2.74. The molecule has 3 aliphatic rings. The van der Waals surface area contributed by atoms with Gasteiger partial charge in [0.25, 0.3) is 5.56 Å². The summed E-state index contributed by atoms with van der Waals surface area (Å²) in [6, 6.07) is 4.48. The molecule has 160 valence electrons. The Morgan fingerprint density at radius 1 is 1.14 bits per heavy atom. The normalized spacial score (nSPS) is 25.6. The summed E-state index contributed by atoms with van der Waals surface area (Å²) in [7, 11) is 2.15. The summed E-state index contributed by atoms with van der Waals surface area (Å²) < 4.78 is 1.99. The number of anilines is 1. The second-order valence-electron chi connectivity index (χ2n) is 10.6. The van der Waals surface area contributed by atoms with E-state index in [1.165, 1.54) is 0 Å². The van der Waals surface area contributed by atoms with E-state index in [9.17, 15) is 9.59 Å². The number of hydrogen-bond acceptors (Lipinski definition) is 4. The SMILES string of the molecule is CN1CCC(Nc2ccc3n(c2=O)C[C@H]2C[C@@H]3CN(C(=O)CC(C)(C)C)C2)CC1. The Morgan fingerprint density at radius 2 is 1.86 bits per heavy atom. The molecule has 2 fully saturated rings. The number of pyridine rings is 1. The maximum atomic E-state index is 13.2. The van der Waals surface area contributed by atoms with Crippen LogP contribution in [0.15, 0.2) is 16.9 Å². The van der Waals surface area contributed by atoms with E-state index < -0.39 is 0 Å². The molecule has 4 heterocycles. The molecule has 1 aromatic rings. The van der Waals surface area contributed by atoms with Gasteiger partial charge in [0.1, 0.15) is 5.69 Å². The third kappa shape index (κ3) is 4.52. The van der Waals surface area contributed by atoms with Crippen LogP contribution < -0.4 is 10.9 Å². The van der Waals surface area contributed by atoms with Gasteiger partial charge in [-0.05, 0) is 62.9 Å². The Kier molecular flexibility index (Phi) is 5.49. The zero-order valence-corrected chi connectivity index (χ0v) is 18.4. The van der Waals surface area contributed by atoms with Gasteiger partial charge >= 0.3 is 0 Å². The molecule has 3 aliphatic heterocycles. The van der Waals surface area contributed by atoms with Crippen LogP contribution in [0.2, 0.25) is 0 Å². The molecule has 0 radical (unpaired) electrons. The van der Waals surface area contributed by atoms with E-state index in [-0.39, 0.29) is 22.8 Å². The smallest absolute Gasteiger partial charge is 0.274 e. The summed E-state index contributed by atoms with van der Waals surface area (Å²) in [4.78, 5) is 30.3. The first kappa shape index (κ1) is 20.5. The topological polar surface area (TPSA) is 57.6 Å². The lowest BCUT2D eigenvalue weighted by atomic mass is 9.82. The Bertz CT molecular complexity index is 817. The van der Waals surface area contributed by atoms with Crippen molar-refractivity contribution < 1.29 is 4.79 Å². The fraction of sp³-hybridized carbons (Fsp3) is 0.739. The van der Waals surface area contributed by atoms with Crippen LogP contribution in [0.5, 0.6) is 0 Å². The molecular weight excluding hydrogens is 364 g/mol. The summed E-state index contributed by atoms with van der Waals surface area (Å²) in [5.74, 6) is 0.904. The van der Waals surface area contributed by atoms with Crippen molar-refractivity contribution in [1.29, 1.82) is 0 Å². The first-order valence-corrected chi connectivity index (χ1v) is 11.2. The van der Waals surface area contributed by atoms with Gasteiger partial charge in [-0.3, -0.25) is 9.59 Å². The Balaban J connectivity index is 1.50. The van der Waals surface area contributed by atoms with Gasteiger partial charge in [-0.2, -0.15) is 0 Å². The Labute approximate surface area is 174 Å². The molecule has 6 nitrogen and oxygen atoms in total. The van der Waals surface area contributed by atoms with E-state index in [2.05, 4.69) is 44.1 Å². The number of nitrogens with one attached hydrogen (secondary N) is 1. The van der Waals surface area contributed by atoms with E-state index in [4.69, 9.17) is 0 Å². The molecule has 0 spiro atoms. The molecule has 2 saturated heterocycles. The molecule has 2 bridgehead atoms. The van der Waals surface area contributed by atoms with Gasteiger partial charge in [0.2, 0.25) is 5.91 Å². The van der Waals surface area contributed by atoms with Crippen molar-refractivity contribution in [3.63, 3.8) is 0 Å². The molecule has 6 heteroatoms. The van der Waals surface area contributed by atoms with Crippen molar-refractivity contribution in [2.45, 2.75) is 65.0 Å².